The average Bonchev–Trinajstić information content (AvgIpc) is 3.17. The van der Waals surface area contributed by atoms with Gasteiger partial charge in [-0.3, -0.25) is 14.4 Å². The molecule has 0 bridgehead atoms. The van der Waals surface area contributed by atoms with Crippen LogP contribution in [0.4, 0.5) is 0 Å². The van der Waals surface area contributed by atoms with E-state index in [1.54, 1.807) is 0 Å². The summed E-state index contributed by atoms with van der Waals surface area (Å²) in [6.07, 6.45) is 43.7. The van der Waals surface area contributed by atoms with Crippen LogP contribution in [0.5, 0.6) is 0 Å². The second-order valence-electron chi connectivity index (χ2n) is 17.2. The molecule has 0 amide bonds. The van der Waals surface area contributed by atoms with E-state index in [1.807, 2.05) is 0 Å². The van der Waals surface area contributed by atoms with Gasteiger partial charge in [0.15, 0.2) is 6.10 Å². The minimum Gasteiger partial charge on any atom is -0.462 e. The molecular formula is C49H94O6. The van der Waals surface area contributed by atoms with E-state index < -0.39 is 6.10 Å². The van der Waals surface area contributed by atoms with E-state index in [1.165, 1.54) is 167 Å². The Balaban J connectivity index is 4.29. The van der Waals surface area contributed by atoms with Gasteiger partial charge < -0.3 is 14.2 Å². The Kier molecular flexibility index (Phi) is 42.3. The predicted octanol–water partition coefficient (Wildman–Crippen LogP) is 15.5. The lowest BCUT2D eigenvalue weighted by Gasteiger charge is -2.18. The lowest BCUT2D eigenvalue weighted by atomic mass is 10.0. The van der Waals surface area contributed by atoms with Crippen molar-refractivity contribution >= 4 is 17.9 Å². The highest BCUT2D eigenvalue weighted by atomic mass is 16.6. The molecule has 0 aliphatic rings. The highest BCUT2D eigenvalue weighted by molar-refractivity contribution is 5.71. The van der Waals surface area contributed by atoms with E-state index in [9.17, 15) is 14.4 Å². The fraction of sp³-hybridized carbons (Fsp3) is 0.939. The summed E-state index contributed by atoms with van der Waals surface area (Å²) in [5.74, 6) is -0.0579. The normalized spacial score (nSPS) is 11.9. The first-order valence-electron chi connectivity index (χ1n) is 24.4. The van der Waals surface area contributed by atoms with Crippen LogP contribution in [0.1, 0.15) is 272 Å². The average molecular weight is 779 g/mol. The van der Waals surface area contributed by atoms with Gasteiger partial charge >= 0.3 is 17.9 Å². The Morgan fingerprint density at radius 3 is 0.891 bits per heavy atom. The second-order valence-corrected chi connectivity index (χ2v) is 17.2. The van der Waals surface area contributed by atoms with Crippen LogP contribution in [0.2, 0.25) is 0 Å². The van der Waals surface area contributed by atoms with Gasteiger partial charge in [0.1, 0.15) is 13.2 Å². The largest absolute Gasteiger partial charge is 0.462 e. The number of esters is 3. The molecule has 0 aliphatic heterocycles. The van der Waals surface area contributed by atoms with Gasteiger partial charge in [0.05, 0.1) is 0 Å². The number of ether oxygens (including phenoxy) is 3. The van der Waals surface area contributed by atoms with E-state index in [0.717, 1.165) is 63.7 Å². The van der Waals surface area contributed by atoms with Crippen LogP contribution in [-0.2, 0) is 28.6 Å². The van der Waals surface area contributed by atoms with E-state index in [0.29, 0.717) is 19.3 Å². The first kappa shape index (κ1) is 53.4. The van der Waals surface area contributed by atoms with Crippen LogP contribution < -0.4 is 0 Å². The molecule has 0 aromatic rings. The van der Waals surface area contributed by atoms with Crippen molar-refractivity contribution in [2.24, 2.45) is 5.92 Å². The summed E-state index contributed by atoms with van der Waals surface area (Å²) in [6.45, 7) is 8.97. The molecule has 6 nitrogen and oxygen atoms in total. The third-order valence-electron chi connectivity index (χ3n) is 11.0. The maximum Gasteiger partial charge on any atom is 0.306 e. The number of carbonyl (C=O) groups is 3. The number of hydrogen-bond acceptors (Lipinski definition) is 6. The molecule has 326 valence electrons. The first-order chi connectivity index (χ1) is 26.9. The highest BCUT2D eigenvalue weighted by Gasteiger charge is 2.19. The lowest BCUT2D eigenvalue weighted by Crippen LogP contribution is -2.30. The summed E-state index contributed by atoms with van der Waals surface area (Å²) >= 11 is 0. The number of hydrogen-bond donors (Lipinski definition) is 0. The van der Waals surface area contributed by atoms with E-state index in [4.69, 9.17) is 14.2 Å². The molecule has 1 atom stereocenters. The third kappa shape index (κ3) is 43.4. The summed E-state index contributed by atoms with van der Waals surface area (Å²) < 4.78 is 16.7. The van der Waals surface area contributed by atoms with Crippen molar-refractivity contribution in [3.63, 3.8) is 0 Å². The standard InChI is InChI=1S/C49H94O6/c1-5-7-9-11-13-15-17-18-19-20-22-24-29-33-37-41-48(51)54-44-46(55-49(52)42-38-34-30-26-25-27-31-35-39-45(3)4)43-53-47(50)40-36-32-28-23-21-16-14-12-10-8-6-2/h45-46H,5-44H2,1-4H3/t46-/m0/s1. The van der Waals surface area contributed by atoms with Gasteiger partial charge in [0.2, 0.25) is 0 Å². The number of unbranched alkanes of at least 4 members (excludes halogenated alkanes) is 31. The van der Waals surface area contributed by atoms with Crippen molar-refractivity contribution in [1.29, 1.82) is 0 Å². The summed E-state index contributed by atoms with van der Waals surface area (Å²) in [5, 5.41) is 0. The topological polar surface area (TPSA) is 78.9 Å². The molecule has 0 rings (SSSR count). The SMILES string of the molecule is CCCCCCCCCCCCCCCCCC(=O)OC[C@H](COC(=O)CCCCCCCCCCCCC)OC(=O)CCCCCCCCCCC(C)C. The fourth-order valence-corrected chi connectivity index (χ4v) is 7.33. The smallest absolute Gasteiger partial charge is 0.306 e. The molecule has 6 heteroatoms. The Morgan fingerprint density at radius 1 is 0.345 bits per heavy atom. The Hall–Kier alpha value is -1.59. The Bertz CT molecular complexity index is 826. The van der Waals surface area contributed by atoms with Gasteiger partial charge in [-0.1, -0.05) is 233 Å². The summed E-state index contributed by atoms with van der Waals surface area (Å²) in [5.41, 5.74) is 0. The van der Waals surface area contributed by atoms with Gasteiger partial charge in [-0.25, -0.2) is 0 Å². The molecule has 0 spiro atoms. The first-order valence-corrected chi connectivity index (χ1v) is 24.4. The van der Waals surface area contributed by atoms with Gasteiger partial charge in [0.25, 0.3) is 0 Å². The molecule has 0 aliphatic carbocycles. The van der Waals surface area contributed by atoms with Crippen molar-refractivity contribution in [3.8, 4) is 0 Å². The summed E-state index contributed by atoms with van der Waals surface area (Å²) in [6, 6.07) is 0. The molecule has 0 unspecified atom stereocenters. The zero-order valence-electron chi connectivity index (χ0n) is 37.4. The van der Waals surface area contributed by atoms with E-state index in [2.05, 4.69) is 27.7 Å². The molecule has 0 saturated carbocycles. The third-order valence-corrected chi connectivity index (χ3v) is 11.0. The minimum atomic E-state index is -0.760. The highest BCUT2D eigenvalue weighted by Crippen LogP contribution is 2.16. The van der Waals surface area contributed by atoms with Crippen LogP contribution in [0.15, 0.2) is 0 Å². The summed E-state index contributed by atoms with van der Waals surface area (Å²) in [4.78, 5) is 37.8. The quantitative estimate of drug-likeness (QED) is 0.0348. The maximum absolute atomic E-state index is 12.7. The van der Waals surface area contributed by atoms with Crippen molar-refractivity contribution < 1.29 is 28.6 Å². The zero-order chi connectivity index (χ0) is 40.3. The van der Waals surface area contributed by atoms with Crippen LogP contribution in [0, 0.1) is 5.92 Å². The van der Waals surface area contributed by atoms with Gasteiger partial charge in [-0.05, 0) is 25.2 Å². The molecule has 0 aromatic carbocycles. The Morgan fingerprint density at radius 2 is 0.600 bits per heavy atom. The van der Waals surface area contributed by atoms with Crippen molar-refractivity contribution in [2.45, 2.75) is 278 Å². The molecule has 0 radical (unpaired) electrons. The van der Waals surface area contributed by atoms with Gasteiger partial charge in [0, 0.05) is 19.3 Å². The fourth-order valence-electron chi connectivity index (χ4n) is 7.33. The summed E-state index contributed by atoms with van der Waals surface area (Å²) in [7, 11) is 0. The van der Waals surface area contributed by atoms with Crippen molar-refractivity contribution in [3.05, 3.63) is 0 Å². The van der Waals surface area contributed by atoms with Gasteiger partial charge in [-0.2, -0.15) is 0 Å². The van der Waals surface area contributed by atoms with Crippen LogP contribution in [0.25, 0.3) is 0 Å². The predicted molar refractivity (Wildman–Crippen MR) is 233 cm³/mol. The molecular weight excluding hydrogens is 685 g/mol. The molecule has 0 saturated heterocycles. The number of carbonyl (C=O) groups excluding carboxylic acids is 3. The lowest BCUT2D eigenvalue weighted by molar-refractivity contribution is -0.167. The number of rotatable bonds is 44. The van der Waals surface area contributed by atoms with Crippen LogP contribution >= 0.6 is 0 Å². The van der Waals surface area contributed by atoms with E-state index >= 15 is 0 Å². The zero-order valence-corrected chi connectivity index (χ0v) is 37.4. The van der Waals surface area contributed by atoms with Crippen molar-refractivity contribution in [1.82, 2.24) is 0 Å². The Labute approximate surface area is 342 Å². The molecule has 55 heavy (non-hydrogen) atoms. The van der Waals surface area contributed by atoms with E-state index in [-0.39, 0.29) is 31.1 Å². The molecule has 0 aromatic heterocycles. The second kappa shape index (κ2) is 43.5. The van der Waals surface area contributed by atoms with Gasteiger partial charge in [-0.15, -0.1) is 0 Å². The van der Waals surface area contributed by atoms with Crippen LogP contribution in [-0.4, -0.2) is 37.2 Å². The molecule has 0 heterocycles. The monoisotopic (exact) mass is 779 g/mol. The molecule has 0 fully saturated rings. The van der Waals surface area contributed by atoms with Crippen molar-refractivity contribution in [2.75, 3.05) is 13.2 Å². The van der Waals surface area contributed by atoms with Crippen LogP contribution in [0.3, 0.4) is 0 Å². The maximum atomic E-state index is 12.7. The minimum absolute atomic E-state index is 0.0636. The molecule has 0 N–H and O–H groups in total.